The van der Waals surface area contributed by atoms with Crippen LogP contribution in [-0.2, 0) is 7.05 Å². The Labute approximate surface area is 112 Å². The number of thiophene rings is 1. The maximum atomic E-state index is 5.27. The average Bonchev–Trinajstić information content (AvgIpc) is 3.01. The van der Waals surface area contributed by atoms with Crippen LogP contribution in [0.15, 0.2) is 29.9 Å². The summed E-state index contributed by atoms with van der Waals surface area (Å²) < 4.78 is 2.05. The maximum Gasteiger partial charge on any atom is 0.131 e. The maximum absolute atomic E-state index is 5.27. The summed E-state index contributed by atoms with van der Waals surface area (Å²) in [5.41, 5.74) is 0. The van der Waals surface area contributed by atoms with E-state index in [0.29, 0.717) is 0 Å². The Hall–Kier alpha value is -1.57. The summed E-state index contributed by atoms with van der Waals surface area (Å²) in [5.74, 6) is 3.70. The number of rotatable bonds is 6. The van der Waals surface area contributed by atoms with E-state index >= 15 is 0 Å². The second kappa shape index (κ2) is 6.39. The Bertz CT molecular complexity index is 507. The van der Waals surface area contributed by atoms with Gasteiger partial charge in [0.2, 0.25) is 0 Å². The minimum absolute atomic E-state index is 0.155. The standard InChI is InChI=1S/C14H17N3S/c1-3-4-5-8-15-13(12-7-6-11-18-12)14-16-9-10-17(14)2/h1,6-7,9-11,13,15H,4-5,8H2,2H3. The van der Waals surface area contributed by atoms with E-state index in [4.69, 9.17) is 6.42 Å². The summed E-state index contributed by atoms with van der Waals surface area (Å²) in [6, 6.07) is 4.36. The fraction of sp³-hybridized carbons (Fsp3) is 0.357. The second-order valence-corrected chi connectivity index (χ2v) is 5.09. The number of aromatic nitrogens is 2. The summed E-state index contributed by atoms with van der Waals surface area (Å²) in [6.45, 7) is 0.902. The Morgan fingerprint density at radius 2 is 2.50 bits per heavy atom. The highest BCUT2D eigenvalue weighted by molar-refractivity contribution is 7.10. The van der Waals surface area contributed by atoms with E-state index in [9.17, 15) is 0 Å². The first kappa shape index (κ1) is 12.9. The van der Waals surface area contributed by atoms with Crippen LogP contribution in [0.4, 0.5) is 0 Å². The number of unbranched alkanes of at least 4 members (excludes halogenated alkanes) is 1. The lowest BCUT2D eigenvalue weighted by Gasteiger charge is -2.17. The number of nitrogens with zero attached hydrogens (tertiary/aromatic N) is 2. The fourth-order valence-corrected chi connectivity index (χ4v) is 2.66. The molecule has 18 heavy (non-hydrogen) atoms. The van der Waals surface area contributed by atoms with Gasteiger partial charge in [0.15, 0.2) is 0 Å². The topological polar surface area (TPSA) is 29.9 Å². The summed E-state index contributed by atoms with van der Waals surface area (Å²) >= 11 is 1.75. The van der Waals surface area contributed by atoms with Crippen LogP contribution in [0.5, 0.6) is 0 Å². The molecule has 0 aromatic carbocycles. The summed E-state index contributed by atoms with van der Waals surface area (Å²) in [6.07, 6.45) is 10.9. The van der Waals surface area contributed by atoms with E-state index in [-0.39, 0.29) is 6.04 Å². The zero-order chi connectivity index (χ0) is 12.8. The molecule has 0 spiro atoms. The molecule has 94 valence electrons. The number of nitrogens with one attached hydrogen (secondary N) is 1. The molecule has 0 aliphatic carbocycles. The molecule has 2 aromatic rings. The number of imidazole rings is 1. The molecule has 0 aliphatic rings. The Morgan fingerprint density at radius 3 is 3.11 bits per heavy atom. The number of hydrogen-bond acceptors (Lipinski definition) is 3. The monoisotopic (exact) mass is 259 g/mol. The summed E-state index contributed by atoms with van der Waals surface area (Å²) in [7, 11) is 2.02. The lowest BCUT2D eigenvalue weighted by molar-refractivity contribution is 0.555. The van der Waals surface area contributed by atoms with Crippen LogP contribution in [0.3, 0.4) is 0 Å². The smallest absolute Gasteiger partial charge is 0.131 e. The minimum Gasteiger partial charge on any atom is -0.336 e. The average molecular weight is 259 g/mol. The zero-order valence-electron chi connectivity index (χ0n) is 10.5. The van der Waals surface area contributed by atoms with Crippen molar-refractivity contribution < 1.29 is 0 Å². The van der Waals surface area contributed by atoms with Crippen molar-refractivity contribution in [2.45, 2.75) is 18.9 Å². The first-order valence-electron chi connectivity index (χ1n) is 6.00. The molecule has 0 aliphatic heterocycles. The Morgan fingerprint density at radius 1 is 1.61 bits per heavy atom. The predicted octanol–water partition coefficient (Wildman–Crippen LogP) is 2.57. The van der Waals surface area contributed by atoms with Gasteiger partial charge in [0.25, 0.3) is 0 Å². The SMILES string of the molecule is C#CCCCNC(c1cccs1)c1nccn1C. The molecular weight excluding hydrogens is 242 g/mol. The molecule has 1 unspecified atom stereocenters. The molecule has 2 aromatic heterocycles. The molecular formula is C14H17N3S. The number of hydrogen-bond donors (Lipinski definition) is 1. The van der Waals surface area contributed by atoms with Crippen molar-refractivity contribution >= 4 is 11.3 Å². The highest BCUT2D eigenvalue weighted by Gasteiger charge is 2.18. The van der Waals surface area contributed by atoms with Gasteiger partial charge in [-0.15, -0.1) is 23.7 Å². The van der Waals surface area contributed by atoms with Gasteiger partial charge in [-0.1, -0.05) is 6.07 Å². The van der Waals surface area contributed by atoms with Crippen LogP contribution >= 0.6 is 11.3 Å². The third-order valence-electron chi connectivity index (χ3n) is 2.79. The van der Waals surface area contributed by atoms with E-state index in [0.717, 1.165) is 25.2 Å². The quantitative estimate of drug-likeness (QED) is 0.638. The molecule has 1 atom stereocenters. The third-order valence-corrected chi connectivity index (χ3v) is 3.73. The molecule has 0 fully saturated rings. The zero-order valence-corrected chi connectivity index (χ0v) is 11.3. The van der Waals surface area contributed by atoms with Crippen LogP contribution in [0.1, 0.15) is 29.6 Å². The van der Waals surface area contributed by atoms with Crippen LogP contribution in [0, 0.1) is 12.3 Å². The second-order valence-electron chi connectivity index (χ2n) is 4.11. The Balaban J connectivity index is 2.10. The molecule has 0 saturated heterocycles. The van der Waals surface area contributed by atoms with Crippen LogP contribution in [-0.4, -0.2) is 16.1 Å². The summed E-state index contributed by atoms with van der Waals surface area (Å²) in [4.78, 5) is 5.72. The lowest BCUT2D eigenvalue weighted by Crippen LogP contribution is -2.25. The number of terminal acetylenes is 1. The van der Waals surface area contributed by atoms with Gasteiger partial charge >= 0.3 is 0 Å². The van der Waals surface area contributed by atoms with Crippen molar-refractivity contribution in [1.82, 2.24) is 14.9 Å². The molecule has 0 radical (unpaired) electrons. The van der Waals surface area contributed by atoms with Crippen molar-refractivity contribution in [1.29, 1.82) is 0 Å². The first-order chi connectivity index (χ1) is 8.83. The van der Waals surface area contributed by atoms with Gasteiger partial charge in [-0.3, -0.25) is 0 Å². The van der Waals surface area contributed by atoms with Crippen molar-refractivity contribution in [3.63, 3.8) is 0 Å². The summed E-state index contributed by atoms with van der Waals surface area (Å²) in [5, 5.41) is 5.62. The fourth-order valence-electron chi connectivity index (χ4n) is 1.87. The minimum atomic E-state index is 0.155. The van der Waals surface area contributed by atoms with Crippen LogP contribution in [0.2, 0.25) is 0 Å². The molecule has 4 heteroatoms. The van der Waals surface area contributed by atoms with Gasteiger partial charge in [0.1, 0.15) is 11.9 Å². The van der Waals surface area contributed by atoms with Crippen molar-refractivity contribution in [2.75, 3.05) is 6.54 Å². The third kappa shape index (κ3) is 3.00. The van der Waals surface area contributed by atoms with Crippen LogP contribution < -0.4 is 5.32 Å². The lowest BCUT2D eigenvalue weighted by atomic mass is 10.2. The van der Waals surface area contributed by atoms with Gasteiger partial charge < -0.3 is 9.88 Å². The van der Waals surface area contributed by atoms with E-state index in [1.54, 1.807) is 11.3 Å². The molecule has 0 saturated carbocycles. The molecule has 2 rings (SSSR count). The predicted molar refractivity (Wildman–Crippen MR) is 75.4 cm³/mol. The van der Waals surface area contributed by atoms with Gasteiger partial charge in [0.05, 0.1) is 0 Å². The molecule has 0 bridgehead atoms. The van der Waals surface area contributed by atoms with E-state index in [1.807, 2.05) is 19.4 Å². The molecule has 0 amide bonds. The van der Waals surface area contributed by atoms with E-state index in [1.165, 1.54) is 4.88 Å². The van der Waals surface area contributed by atoms with Crippen LogP contribution in [0.25, 0.3) is 0 Å². The van der Waals surface area contributed by atoms with E-state index in [2.05, 4.69) is 38.3 Å². The largest absolute Gasteiger partial charge is 0.336 e. The highest BCUT2D eigenvalue weighted by atomic mass is 32.1. The van der Waals surface area contributed by atoms with Crippen molar-refractivity contribution in [3.8, 4) is 12.3 Å². The number of aryl methyl sites for hydroxylation is 1. The van der Waals surface area contributed by atoms with Crippen molar-refractivity contribution in [3.05, 3.63) is 40.6 Å². The van der Waals surface area contributed by atoms with Crippen molar-refractivity contribution in [2.24, 2.45) is 7.05 Å². The highest BCUT2D eigenvalue weighted by Crippen LogP contribution is 2.24. The van der Waals surface area contributed by atoms with Gasteiger partial charge in [-0.25, -0.2) is 4.98 Å². The molecule has 3 nitrogen and oxygen atoms in total. The van der Waals surface area contributed by atoms with Gasteiger partial charge in [0, 0.05) is 30.7 Å². The Kier molecular flexibility index (Phi) is 4.57. The van der Waals surface area contributed by atoms with E-state index < -0.39 is 0 Å². The first-order valence-corrected chi connectivity index (χ1v) is 6.88. The van der Waals surface area contributed by atoms with Gasteiger partial charge in [-0.2, -0.15) is 0 Å². The molecule has 1 N–H and O–H groups in total. The van der Waals surface area contributed by atoms with Gasteiger partial charge in [-0.05, 0) is 24.4 Å². The normalized spacial score (nSPS) is 12.2. The molecule has 2 heterocycles.